The molecule has 5 heteroatoms. The molecular formula is C12H20N2O3. The molecule has 0 aromatic rings. The van der Waals surface area contributed by atoms with Crippen LogP contribution in [0.5, 0.6) is 0 Å². The molecule has 1 aliphatic heterocycles. The van der Waals surface area contributed by atoms with Gasteiger partial charge in [0.2, 0.25) is 5.91 Å². The van der Waals surface area contributed by atoms with Crippen LogP contribution in [0.3, 0.4) is 0 Å². The van der Waals surface area contributed by atoms with Crippen molar-refractivity contribution in [2.75, 3.05) is 6.54 Å². The Morgan fingerprint density at radius 1 is 1.47 bits per heavy atom. The first-order valence-corrected chi connectivity index (χ1v) is 6.35. The molecule has 2 aliphatic rings. The molecule has 4 atom stereocenters. The number of nitrogens with two attached hydrogens (primary N) is 1. The number of carbonyl (C=O) groups excluding carboxylic acids is 1. The van der Waals surface area contributed by atoms with Gasteiger partial charge in [-0.25, -0.2) is 4.79 Å². The maximum atomic E-state index is 12.1. The quantitative estimate of drug-likeness (QED) is 0.749. The molecule has 0 aromatic heterocycles. The lowest BCUT2D eigenvalue weighted by molar-refractivity contribution is -0.150. The van der Waals surface area contributed by atoms with Crippen LogP contribution in [0, 0.1) is 11.8 Å². The molecule has 5 nitrogen and oxygen atoms in total. The first-order chi connectivity index (χ1) is 8.06. The largest absolute Gasteiger partial charge is 0.480 e. The molecule has 3 unspecified atom stereocenters. The van der Waals surface area contributed by atoms with Gasteiger partial charge in [-0.2, -0.15) is 0 Å². The van der Waals surface area contributed by atoms with Crippen LogP contribution in [0.1, 0.15) is 32.6 Å². The molecule has 3 N–H and O–H groups in total. The van der Waals surface area contributed by atoms with Crippen molar-refractivity contribution in [2.45, 2.75) is 44.7 Å². The van der Waals surface area contributed by atoms with Crippen molar-refractivity contribution >= 4 is 11.9 Å². The molecule has 1 saturated carbocycles. The fraction of sp³-hybridized carbons (Fsp3) is 0.833. The van der Waals surface area contributed by atoms with E-state index in [0.29, 0.717) is 18.9 Å². The van der Waals surface area contributed by atoms with Crippen molar-refractivity contribution in [1.82, 2.24) is 4.90 Å². The number of hydrogen-bond donors (Lipinski definition) is 2. The van der Waals surface area contributed by atoms with E-state index in [-0.39, 0.29) is 11.8 Å². The number of rotatable bonds is 3. The van der Waals surface area contributed by atoms with Crippen molar-refractivity contribution < 1.29 is 14.7 Å². The lowest BCUT2D eigenvalue weighted by Crippen LogP contribution is -2.49. The van der Waals surface area contributed by atoms with Gasteiger partial charge in [0.25, 0.3) is 0 Å². The Balaban J connectivity index is 2.17. The highest BCUT2D eigenvalue weighted by Gasteiger charge is 2.49. The summed E-state index contributed by atoms with van der Waals surface area (Å²) in [6, 6.07) is -1.21. The van der Waals surface area contributed by atoms with Crippen molar-refractivity contribution in [3.05, 3.63) is 0 Å². The first kappa shape index (κ1) is 12.4. The Morgan fingerprint density at radius 2 is 2.18 bits per heavy atom. The Hall–Kier alpha value is -1.10. The van der Waals surface area contributed by atoms with Gasteiger partial charge in [-0.05, 0) is 31.1 Å². The average molecular weight is 240 g/mol. The second-order valence-electron chi connectivity index (χ2n) is 5.14. The minimum atomic E-state index is -0.879. The van der Waals surface area contributed by atoms with E-state index < -0.39 is 18.1 Å². The van der Waals surface area contributed by atoms with Gasteiger partial charge in [0, 0.05) is 6.54 Å². The fourth-order valence-electron chi connectivity index (χ4n) is 3.24. The summed E-state index contributed by atoms with van der Waals surface area (Å²) < 4.78 is 0. The number of hydrogen-bond acceptors (Lipinski definition) is 3. The molecule has 1 saturated heterocycles. The van der Waals surface area contributed by atoms with Crippen LogP contribution < -0.4 is 5.73 Å². The van der Waals surface area contributed by atoms with Crippen LogP contribution in [0.2, 0.25) is 0 Å². The normalized spacial score (nSPS) is 33.5. The van der Waals surface area contributed by atoms with Crippen molar-refractivity contribution in [2.24, 2.45) is 17.6 Å². The highest BCUT2D eigenvalue weighted by Crippen LogP contribution is 2.42. The minimum absolute atomic E-state index is 0.139. The van der Waals surface area contributed by atoms with E-state index in [1.54, 1.807) is 0 Å². The topological polar surface area (TPSA) is 83.6 Å². The monoisotopic (exact) mass is 240 g/mol. The predicted octanol–water partition coefficient (Wildman–Crippen LogP) is 0.435. The lowest BCUT2D eigenvalue weighted by atomic mass is 9.94. The van der Waals surface area contributed by atoms with E-state index in [1.165, 1.54) is 4.90 Å². The Labute approximate surface area is 101 Å². The Morgan fingerprint density at radius 3 is 2.76 bits per heavy atom. The summed E-state index contributed by atoms with van der Waals surface area (Å²) in [5, 5.41) is 9.30. The molecule has 17 heavy (non-hydrogen) atoms. The fourth-order valence-corrected chi connectivity index (χ4v) is 3.24. The summed E-state index contributed by atoms with van der Waals surface area (Å²) in [4.78, 5) is 24.9. The van der Waals surface area contributed by atoms with E-state index in [4.69, 9.17) is 5.73 Å². The standard InChI is InChI=1S/C12H20N2O3/c1-2-9(13)11(15)14-6-7-4-3-5-8(7)10(14)12(16)17/h7-10H,2-6,13H2,1H3,(H,16,17)/t7?,8?,9-,10?/m1/s1. The zero-order valence-corrected chi connectivity index (χ0v) is 10.1. The third-order valence-electron chi connectivity index (χ3n) is 4.18. The Bertz CT molecular complexity index is 332. The number of nitrogens with zero attached hydrogens (tertiary/aromatic N) is 1. The second kappa shape index (κ2) is 4.64. The molecule has 1 aliphatic carbocycles. The predicted molar refractivity (Wildman–Crippen MR) is 62.2 cm³/mol. The number of aliphatic carboxylic acids is 1. The van der Waals surface area contributed by atoms with Crippen LogP contribution in [0.25, 0.3) is 0 Å². The number of likely N-dealkylation sites (tertiary alicyclic amines) is 1. The van der Waals surface area contributed by atoms with E-state index in [2.05, 4.69) is 0 Å². The molecule has 0 spiro atoms. The zero-order chi connectivity index (χ0) is 12.6. The van der Waals surface area contributed by atoms with Crippen LogP contribution in [0.4, 0.5) is 0 Å². The summed E-state index contributed by atoms with van der Waals surface area (Å²) >= 11 is 0. The van der Waals surface area contributed by atoms with Crippen molar-refractivity contribution in [1.29, 1.82) is 0 Å². The number of carboxylic acid groups (broad SMARTS) is 1. The molecule has 1 amide bonds. The van der Waals surface area contributed by atoms with Gasteiger partial charge >= 0.3 is 5.97 Å². The molecule has 2 rings (SSSR count). The van der Waals surface area contributed by atoms with E-state index in [9.17, 15) is 14.7 Å². The summed E-state index contributed by atoms with van der Waals surface area (Å²) in [6.07, 6.45) is 3.60. The van der Waals surface area contributed by atoms with Gasteiger partial charge in [-0.1, -0.05) is 13.3 Å². The summed E-state index contributed by atoms with van der Waals surface area (Å²) in [5.74, 6) is -0.574. The number of carbonyl (C=O) groups is 2. The SMILES string of the molecule is CC[C@@H](N)C(=O)N1CC2CCCC2C1C(=O)O. The van der Waals surface area contributed by atoms with Crippen molar-refractivity contribution in [3.8, 4) is 0 Å². The highest BCUT2D eigenvalue weighted by molar-refractivity contribution is 5.87. The maximum absolute atomic E-state index is 12.1. The number of carboxylic acids is 1. The Kier molecular flexibility index (Phi) is 3.38. The van der Waals surface area contributed by atoms with E-state index in [0.717, 1.165) is 19.3 Å². The maximum Gasteiger partial charge on any atom is 0.326 e. The summed E-state index contributed by atoms with van der Waals surface area (Å²) in [6.45, 7) is 2.42. The molecular weight excluding hydrogens is 220 g/mol. The van der Waals surface area contributed by atoms with Crippen LogP contribution in [-0.4, -0.2) is 40.5 Å². The number of fused-ring (bicyclic) bond motifs is 1. The van der Waals surface area contributed by atoms with Crippen LogP contribution in [0.15, 0.2) is 0 Å². The summed E-state index contributed by atoms with van der Waals surface area (Å²) in [5.41, 5.74) is 5.72. The zero-order valence-electron chi connectivity index (χ0n) is 10.1. The number of amides is 1. The molecule has 0 radical (unpaired) electrons. The second-order valence-corrected chi connectivity index (χ2v) is 5.14. The highest BCUT2D eigenvalue weighted by atomic mass is 16.4. The van der Waals surface area contributed by atoms with Crippen LogP contribution in [-0.2, 0) is 9.59 Å². The summed E-state index contributed by atoms with van der Waals surface area (Å²) in [7, 11) is 0. The van der Waals surface area contributed by atoms with Gasteiger partial charge < -0.3 is 15.7 Å². The van der Waals surface area contributed by atoms with Gasteiger partial charge in [-0.15, -0.1) is 0 Å². The third-order valence-corrected chi connectivity index (χ3v) is 4.18. The van der Waals surface area contributed by atoms with Gasteiger partial charge in [0.05, 0.1) is 6.04 Å². The van der Waals surface area contributed by atoms with E-state index >= 15 is 0 Å². The smallest absolute Gasteiger partial charge is 0.326 e. The molecule has 2 fully saturated rings. The minimum Gasteiger partial charge on any atom is -0.480 e. The van der Waals surface area contributed by atoms with Crippen molar-refractivity contribution in [3.63, 3.8) is 0 Å². The molecule has 1 heterocycles. The first-order valence-electron chi connectivity index (χ1n) is 6.35. The average Bonchev–Trinajstić information content (AvgIpc) is 2.85. The molecule has 0 aromatic carbocycles. The van der Waals surface area contributed by atoms with E-state index in [1.807, 2.05) is 6.92 Å². The van der Waals surface area contributed by atoms with Crippen LogP contribution >= 0.6 is 0 Å². The molecule has 0 bridgehead atoms. The third kappa shape index (κ3) is 2.04. The van der Waals surface area contributed by atoms with Gasteiger partial charge in [0.1, 0.15) is 6.04 Å². The van der Waals surface area contributed by atoms with Gasteiger partial charge in [-0.3, -0.25) is 4.79 Å². The molecule has 96 valence electrons. The lowest BCUT2D eigenvalue weighted by Gasteiger charge is -2.26. The van der Waals surface area contributed by atoms with Gasteiger partial charge in [0.15, 0.2) is 0 Å².